The van der Waals surface area contributed by atoms with Gasteiger partial charge >= 0.3 is 0 Å². The normalized spacial score (nSPS) is 37.5. The second kappa shape index (κ2) is 3.92. The van der Waals surface area contributed by atoms with Gasteiger partial charge in [0.05, 0.1) is 0 Å². The van der Waals surface area contributed by atoms with Crippen molar-refractivity contribution < 1.29 is 0 Å². The van der Waals surface area contributed by atoms with E-state index >= 15 is 0 Å². The van der Waals surface area contributed by atoms with Gasteiger partial charge in [0.25, 0.3) is 0 Å². The Morgan fingerprint density at radius 2 is 2.18 bits per heavy atom. The molecule has 0 N–H and O–H groups in total. The average Bonchev–Trinajstić information content (AvgIpc) is 2.30. The molecule has 64 valence electrons. The maximum atomic E-state index is 4.07. The number of rotatable bonds is 2. The van der Waals surface area contributed by atoms with Crippen molar-refractivity contribution in [3.63, 3.8) is 0 Å². The van der Waals surface area contributed by atoms with Gasteiger partial charge in [0.15, 0.2) is 0 Å². The molecule has 0 radical (unpaired) electrons. The summed E-state index contributed by atoms with van der Waals surface area (Å²) in [6.45, 7) is 8.63. The van der Waals surface area contributed by atoms with Gasteiger partial charge in [-0.1, -0.05) is 41.7 Å². The minimum Gasteiger partial charge on any atom is -0.0998 e. The van der Waals surface area contributed by atoms with Gasteiger partial charge in [-0.15, -0.1) is 0 Å². The van der Waals surface area contributed by atoms with E-state index in [1.165, 1.54) is 22.8 Å². The zero-order valence-corrected chi connectivity index (χ0v) is 9.60. The summed E-state index contributed by atoms with van der Waals surface area (Å²) in [4.78, 5) is 0. The highest BCUT2D eigenvalue weighted by Crippen LogP contribution is 2.41. The molecule has 1 saturated carbocycles. The van der Waals surface area contributed by atoms with Crippen LogP contribution in [0.1, 0.15) is 26.7 Å². The van der Waals surface area contributed by atoms with Crippen molar-refractivity contribution in [2.45, 2.75) is 26.7 Å². The third-order valence-corrected chi connectivity index (χ3v) is 4.01. The molecule has 1 aliphatic rings. The number of hydrogen-bond acceptors (Lipinski definition) is 0. The monoisotopic (exact) mass is 264 g/mol. The van der Waals surface area contributed by atoms with Crippen molar-refractivity contribution in [3.05, 3.63) is 12.2 Å². The van der Waals surface area contributed by atoms with Gasteiger partial charge < -0.3 is 0 Å². The van der Waals surface area contributed by atoms with E-state index in [4.69, 9.17) is 0 Å². The standard InChI is InChI=1S/C10H17I/c1-7(2)9-5-4-8(3)10(9)6-11/h8-10H,1,4-6H2,2-3H3. The predicted molar refractivity (Wildman–Crippen MR) is 59.1 cm³/mol. The molecule has 0 bridgehead atoms. The fraction of sp³-hybridized carbons (Fsp3) is 0.800. The van der Waals surface area contributed by atoms with Crippen LogP contribution in [-0.4, -0.2) is 4.43 Å². The van der Waals surface area contributed by atoms with Crippen molar-refractivity contribution in [2.75, 3.05) is 4.43 Å². The van der Waals surface area contributed by atoms with Crippen molar-refractivity contribution in [1.82, 2.24) is 0 Å². The van der Waals surface area contributed by atoms with Gasteiger partial charge in [-0.3, -0.25) is 0 Å². The molecular formula is C10H17I. The first-order valence-electron chi connectivity index (χ1n) is 4.38. The Hall–Kier alpha value is 0.470. The van der Waals surface area contributed by atoms with Crippen LogP contribution in [0.4, 0.5) is 0 Å². The Kier molecular flexibility index (Phi) is 3.41. The molecule has 1 aliphatic carbocycles. The first-order valence-corrected chi connectivity index (χ1v) is 5.90. The van der Waals surface area contributed by atoms with E-state index in [2.05, 4.69) is 43.0 Å². The van der Waals surface area contributed by atoms with Crippen LogP contribution >= 0.6 is 22.6 Å². The Morgan fingerprint density at radius 3 is 2.55 bits per heavy atom. The van der Waals surface area contributed by atoms with Gasteiger partial charge in [-0.25, -0.2) is 0 Å². The smallest absolute Gasteiger partial charge is 0.00319 e. The SMILES string of the molecule is C=C(C)C1CCC(C)C1CI. The molecule has 0 aliphatic heterocycles. The topological polar surface area (TPSA) is 0 Å². The molecule has 0 spiro atoms. The lowest BCUT2D eigenvalue weighted by molar-refractivity contribution is 0.408. The molecular weight excluding hydrogens is 247 g/mol. The second-order valence-electron chi connectivity index (χ2n) is 3.83. The molecule has 1 fully saturated rings. The average molecular weight is 264 g/mol. The molecule has 0 heterocycles. The summed E-state index contributed by atoms with van der Waals surface area (Å²) in [7, 11) is 0. The van der Waals surface area contributed by atoms with E-state index in [0.29, 0.717) is 0 Å². The number of halogens is 1. The minimum absolute atomic E-state index is 0.821. The molecule has 0 nitrogen and oxygen atoms in total. The summed E-state index contributed by atoms with van der Waals surface area (Å²) in [6.07, 6.45) is 2.79. The van der Waals surface area contributed by atoms with Crippen molar-refractivity contribution in [3.8, 4) is 0 Å². The zero-order valence-electron chi connectivity index (χ0n) is 7.44. The highest BCUT2D eigenvalue weighted by Gasteiger charge is 2.32. The summed E-state index contributed by atoms with van der Waals surface area (Å²) >= 11 is 2.51. The van der Waals surface area contributed by atoms with Crippen molar-refractivity contribution in [2.24, 2.45) is 17.8 Å². The quantitative estimate of drug-likeness (QED) is 0.405. The largest absolute Gasteiger partial charge is 0.0998 e. The molecule has 0 saturated heterocycles. The minimum atomic E-state index is 0.821. The van der Waals surface area contributed by atoms with Crippen molar-refractivity contribution >= 4 is 22.6 Å². The number of alkyl halides is 1. The van der Waals surface area contributed by atoms with E-state index in [9.17, 15) is 0 Å². The van der Waals surface area contributed by atoms with Gasteiger partial charge in [0, 0.05) is 4.43 Å². The Bertz CT molecular complexity index is 151. The molecule has 11 heavy (non-hydrogen) atoms. The summed E-state index contributed by atoms with van der Waals surface area (Å²) in [5.41, 5.74) is 1.40. The summed E-state index contributed by atoms with van der Waals surface area (Å²) < 4.78 is 1.30. The number of allylic oxidation sites excluding steroid dienone is 1. The highest BCUT2D eigenvalue weighted by molar-refractivity contribution is 14.1. The lowest BCUT2D eigenvalue weighted by Crippen LogP contribution is -2.14. The predicted octanol–water partition coefficient (Wildman–Crippen LogP) is 3.66. The molecule has 3 atom stereocenters. The molecule has 1 heteroatoms. The van der Waals surface area contributed by atoms with E-state index in [0.717, 1.165) is 17.8 Å². The van der Waals surface area contributed by atoms with Gasteiger partial charge in [0.2, 0.25) is 0 Å². The van der Waals surface area contributed by atoms with Crippen LogP contribution in [0.15, 0.2) is 12.2 Å². The fourth-order valence-corrected chi connectivity index (χ4v) is 3.62. The van der Waals surface area contributed by atoms with E-state index in [1.54, 1.807) is 0 Å². The lowest BCUT2D eigenvalue weighted by Gasteiger charge is -2.20. The van der Waals surface area contributed by atoms with Crippen LogP contribution in [-0.2, 0) is 0 Å². The zero-order chi connectivity index (χ0) is 8.43. The number of hydrogen-bond donors (Lipinski definition) is 0. The maximum absolute atomic E-state index is 4.07. The maximum Gasteiger partial charge on any atom is 0.00319 e. The Morgan fingerprint density at radius 1 is 1.55 bits per heavy atom. The highest BCUT2D eigenvalue weighted by atomic mass is 127. The summed E-state index contributed by atoms with van der Waals surface area (Å²) in [5.74, 6) is 2.66. The van der Waals surface area contributed by atoms with Crippen LogP contribution in [0.3, 0.4) is 0 Å². The van der Waals surface area contributed by atoms with Gasteiger partial charge in [-0.05, 0) is 37.5 Å². The van der Waals surface area contributed by atoms with Gasteiger partial charge in [0.1, 0.15) is 0 Å². The third-order valence-electron chi connectivity index (χ3n) is 2.99. The Balaban J connectivity index is 2.61. The second-order valence-corrected chi connectivity index (χ2v) is 4.71. The molecule has 0 amide bonds. The molecule has 1 rings (SSSR count). The van der Waals surface area contributed by atoms with Crippen LogP contribution in [0, 0.1) is 17.8 Å². The molecule has 0 aromatic carbocycles. The van der Waals surface area contributed by atoms with E-state index < -0.39 is 0 Å². The van der Waals surface area contributed by atoms with Crippen LogP contribution < -0.4 is 0 Å². The first-order chi connectivity index (χ1) is 5.16. The van der Waals surface area contributed by atoms with Crippen LogP contribution in [0.25, 0.3) is 0 Å². The first kappa shape index (κ1) is 9.56. The van der Waals surface area contributed by atoms with Gasteiger partial charge in [-0.2, -0.15) is 0 Å². The third kappa shape index (κ3) is 1.98. The Labute approximate surface area is 83.6 Å². The van der Waals surface area contributed by atoms with Crippen LogP contribution in [0.2, 0.25) is 0 Å². The molecule has 0 aromatic rings. The molecule has 0 aromatic heterocycles. The molecule has 3 unspecified atom stereocenters. The van der Waals surface area contributed by atoms with E-state index in [-0.39, 0.29) is 0 Å². The summed E-state index contributed by atoms with van der Waals surface area (Å²) in [5, 5.41) is 0. The van der Waals surface area contributed by atoms with Crippen molar-refractivity contribution in [1.29, 1.82) is 0 Å². The summed E-state index contributed by atoms with van der Waals surface area (Å²) in [6, 6.07) is 0. The van der Waals surface area contributed by atoms with E-state index in [1.807, 2.05) is 0 Å². The fourth-order valence-electron chi connectivity index (χ4n) is 2.14. The lowest BCUT2D eigenvalue weighted by atomic mass is 9.88. The van der Waals surface area contributed by atoms with Crippen LogP contribution in [0.5, 0.6) is 0 Å².